The summed E-state index contributed by atoms with van der Waals surface area (Å²) in [4.78, 5) is 5.79. The summed E-state index contributed by atoms with van der Waals surface area (Å²) >= 11 is 6.89. The van der Waals surface area contributed by atoms with Gasteiger partial charge in [0.2, 0.25) is 0 Å². The van der Waals surface area contributed by atoms with Crippen molar-refractivity contribution in [2.75, 3.05) is 0 Å². The van der Waals surface area contributed by atoms with Gasteiger partial charge in [0, 0.05) is 52.9 Å². The van der Waals surface area contributed by atoms with E-state index in [1.165, 1.54) is 319 Å². The zero-order valence-electron chi connectivity index (χ0n) is 50.9. The number of rotatable bonds is 37. The van der Waals surface area contributed by atoms with Crippen molar-refractivity contribution in [1.29, 1.82) is 0 Å². The molecule has 4 heterocycles. The quantitative estimate of drug-likeness (QED) is 0.0364. The summed E-state index contributed by atoms with van der Waals surface area (Å²) in [6.07, 6.45) is 47.7. The molecule has 3 aliphatic rings. The molecule has 0 radical (unpaired) electrons. The van der Waals surface area contributed by atoms with Gasteiger partial charge in [0.25, 0.3) is 0 Å². The van der Waals surface area contributed by atoms with Gasteiger partial charge in [-0.05, 0) is 120 Å². The standard InChI is InChI=1S/C72H100N4S4/c1-8-12-16-20-24-28-32-36-40-71(41-37-33-29-25-21-17-13-9-2)58-47-56-59(46-55(58)63-60(71)44-50(5)65-67(63)75-79-73-65)72(42-38-34-30-26-22-18-14-10-3,43-39-35-31-27-23-19-15-11-4)61-48-57(66-68(64(56)61)76-80-74-66)62-49-54-52(7)53-45-51(6)77-69(53)70(54)78-62/h44-49,52H,8-43H2,1-7H3. The molecule has 0 fully saturated rings. The first-order valence-electron chi connectivity index (χ1n) is 33.3. The molecule has 0 saturated carbocycles. The van der Waals surface area contributed by atoms with Crippen molar-refractivity contribution in [3.8, 4) is 42.4 Å². The zero-order valence-corrected chi connectivity index (χ0v) is 54.2. The Kier molecular flexibility index (Phi) is 21.3. The van der Waals surface area contributed by atoms with E-state index in [-0.39, 0.29) is 10.8 Å². The third-order valence-corrected chi connectivity index (χ3v) is 23.4. The summed E-state index contributed by atoms with van der Waals surface area (Å²) in [7, 11) is 0. The lowest BCUT2D eigenvalue weighted by Gasteiger charge is -2.35. The maximum atomic E-state index is 5.48. The number of thiophene rings is 2. The molecule has 8 heteroatoms. The number of hydrogen-bond acceptors (Lipinski definition) is 8. The lowest BCUT2D eigenvalue weighted by atomic mass is 9.68. The van der Waals surface area contributed by atoms with Gasteiger partial charge < -0.3 is 0 Å². The first-order valence-corrected chi connectivity index (χ1v) is 36.4. The van der Waals surface area contributed by atoms with Crippen LogP contribution < -0.4 is 0 Å². The fourth-order valence-corrected chi connectivity index (χ4v) is 19.2. The SMILES string of the molecule is CCCCCCCCCCC1(CCCCCCCCCC)c2cc3c(cc2-c2c1cc(C)c1nsnc21)C(CCCCCCCCCC)(CCCCCCCCCC)c1cc(-c2cc4c(s2)-c2sc(C)cc2C4C)c2nsnc2c1-3. The summed E-state index contributed by atoms with van der Waals surface area (Å²) in [6, 6.07) is 16.0. The fraction of sp³-hybridized carbons (Fsp3) is 0.639. The lowest BCUT2D eigenvalue weighted by Crippen LogP contribution is -2.27. The maximum Gasteiger partial charge on any atom is 0.114 e. The highest BCUT2D eigenvalue weighted by Crippen LogP contribution is 2.64. The van der Waals surface area contributed by atoms with Crippen molar-refractivity contribution in [2.24, 2.45) is 0 Å². The number of unbranched alkanes of at least 4 members (excludes halogenated alkanes) is 28. The van der Waals surface area contributed by atoms with Gasteiger partial charge in [-0.2, -0.15) is 17.5 Å². The highest BCUT2D eigenvalue weighted by molar-refractivity contribution is 7.24. The Morgan fingerprint density at radius 3 is 1.16 bits per heavy atom. The highest BCUT2D eigenvalue weighted by Gasteiger charge is 2.50. The minimum Gasteiger partial charge on any atom is -0.173 e. The Morgan fingerprint density at radius 1 is 0.362 bits per heavy atom. The number of aromatic nitrogens is 4. The van der Waals surface area contributed by atoms with Crippen LogP contribution >= 0.6 is 46.1 Å². The monoisotopic (exact) mass is 1150 g/mol. The van der Waals surface area contributed by atoms with E-state index in [1.807, 2.05) is 22.7 Å². The number of fused-ring (bicyclic) bond motifs is 13. The molecule has 0 spiro atoms. The molecule has 1 unspecified atom stereocenters. The first-order chi connectivity index (χ1) is 39.3. The topological polar surface area (TPSA) is 51.6 Å². The molecule has 7 aromatic rings. The van der Waals surface area contributed by atoms with Crippen LogP contribution in [0.4, 0.5) is 0 Å². The summed E-state index contributed by atoms with van der Waals surface area (Å²) in [5.74, 6) is 0.422. The van der Waals surface area contributed by atoms with Crippen molar-refractivity contribution in [2.45, 2.75) is 296 Å². The summed E-state index contributed by atoms with van der Waals surface area (Å²) < 4.78 is 21.2. The van der Waals surface area contributed by atoms with Gasteiger partial charge in [-0.25, -0.2) is 0 Å². The van der Waals surface area contributed by atoms with Crippen molar-refractivity contribution < 1.29 is 0 Å². The fourth-order valence-electron chi connectivity index (χ4n) is 15.4. The van der Waals surface area contributed by atoms with Crippen molar-refractivity contribution in [3.63, 3.8) is 0 Å². The molecule has 0 amide bonds. The molecule has 4 aromatic heterocycles. The van der Waals surface area contributed by atoms with E-state index in [2.05, 4.69) is 84.9 Å². The van der Waals surface area contributed by atoms with Crippen LogP contribution in [0.25, 0.3) is 64.5 Å². The summed E-state index contributed by atoms with van der Waals surface area (Å²) in [5, 5.41) is 0. The Bertz CT molecular complexity index is 3070. The van der Waals surface area contributed by atoms with Gasteiger partial charge in [0.1, 0.15) is 22.1 Å². The Hall–Kier alpha value is -3.30. The number of nitrogens with zero attached hydrogens (tertiary/aromatic N) is 4. The van der Waals surface area contributed by atoms with Crippen LogP contribution in [0.2, 0.25) is 0 Å². The third-order valence-electron chi connectivity index (χ3n) is 19.9. The summed E-state index contributed by atoms with van der Waals surface area (Å²) in [6.45, 7) is 16.4. The Labute approximate surface area is 501 Å². The van der Waals surface area contributed by atoms with Gasteiger partial charge in [0.05, 0.1) is 23.5 Å². The summed E-state index contributed by atoms with van der Waals surface area (Å²) in [5.41, 5.74) is 22.1. The molecule has 4 nitrogen and oxygen atoms in total. The molecule has 80 heavy (non-hydrogen) atoms. The molecule has 0 aliphatic heterocycles. The molecule has 432 valence electrons. The average Bonchev–Trinajstić information content (AvgIpc) is 4.22. The second-order valence-electron chi connectivity index (χ2n) is 25.7. The van der Waals surface area contributed by atoms with E-state index in [0.29, 0.717) is 5.92 Å². The largest absolute Gasteiger partial charge is 0.173 e. The van der Waals surface area contributed by atoms with Gasteiger partial charge in [-0.1, -0.05) is 246 Å². The maximum absolute atomic E-state index is 5.48. The smallest absolute Gasteiger partial charge is 0.114 e. The second-order valence-corrected chi connectivity index (χ2v) is 29.0. The van der Waals surface area contributed by atoms with Crippen LogP contribution in [0.5, 0.6) is 0 Å². The van der Waals surface area contributed by atoms with Crippen LogP contribution in [-0.4, -0.2) is 17.5 Å². The number of hydrogen-bond donors (Lipinski definition) is 0. The molecule has 0 saturated heterocycles. The number of benzene rings is 3. The van der Waals surface area contributed by atoms with Crippen LogP contribution in [0, 0.1) is 13.8 Å². The van der Waals surface area contributed by atoms with Gasteiger partial charge in [-0.15, -0.1) is 22.7 Å². The van der Waals surface area contributed by atoms with Gasteiger partial charge in [0.15, 0.2) is 0 Å². The van der Waals surface area contributed by atoms with Crippen molar-refractivity contribution >= 4 is 68.2 Å². The third kappa shape index (κ3) is 12.4. The van der Waals surface area contributed by atoms with E-state index in [9.17, 15) is 0 Å². The van der Waals surface area contributed by atoms with Crippen LogP contribution in [0.3, 0.4) is 0 Å². The molecule has 0 bridgehead atoms. The van der Waals surface area contributed by atoms with Crippen molar-refractivity contribution in [3.05, 3.63) is 80.2 Å². The van der Waals surface area contributed by atoms with E-state index >= 15 is 0 Å². The Morgan fingerprint density at radius 2 is 0.713 bits per heavy atom. The van der Waals surface area contributed by atoms with Gasteiger partial charge >= 0.3 is 0 Å². The minimum atomic E-state index is -0.118. The molecule has 10 rings (SSSR count). The molecular weight excluding hydrogens is 1050 g/mol. The predicted octanol–water partition coefficient (Wildman–Crippen LogP) is 24.9. The molecular formula is C72H100N4S4. The second kappa shape index (κ2) is 28.5. The molecule has 0 N–H and O–H groups in total. The first kappa shape index (κ1) is 59.8. The highest BCUT2D eigenvalue weighted by atomic mass is 32.1. The van der Waals surface area contributed by atoms with Crippen LogP contribution in [-0.2, 0) is 10.8 Å². The minimum absolute atomic E-state index is 0.0692. The van der Waals surface area contributed by atoms with Crippen LogP contribution in [0.1, 0.15) is 316 Å². The van der Waals surface area contributed by atoms with E-state index in [1.54, 1.807) is 22.3 Å². The molecule has 1 atom stereocenters. The van der Waals surface area contributed by atoms with Crippen molar-refractivity contribution in [1.82, 2.24) is 17.5 Å². The van der Waals surface area contributed by atoms with E-state index in [4.69, 9.17) is 17.5 Å². The predicted molar refractivity (Wildman–Crippen MR) is 353 cm³/mol. The Balaban J connectivity index is 1.12. The van der Waals surface area contributed by atoms with Crippen LogP contribution in [0.15, 0.2) is 36.4 Å². The average molecular weight is 1150 g/mol. The normalized spacial score (nSPS) is 15.3. The van der Waals surface area contributed by atoms with E-state index < -0.39 is 0 Å². The number of aryl methyl sites for hydroxylation is 2. The van der Waals surface area contributed by atoms with E-state index in [0.717, 1.165) is 22.1 Å². The molecule has 3 aromatic carbocycles. The lowest BCUT2D eigenvalue weighted by molar-refractivity contribution is 0.394. The van der Waals surface area contributed by atoms with Gasteiger partial charge in [-0.3, -0.25) is 0 Å². The zero-order chi connectivity index (χ0) is 55.5. The molecule has 3 aliphatic carbocycles.